The van der Waals surface area contributed by atoms with E-state index in [9.17, 15) is 0 Å². The molecule has 0 aromatic heterocycles. The summed E-state index contributed by atoms with van der Waals surface area (Å²) >= 11 is 0.970. The van der Waals surface area contributed by atoms with Gasteiger partial charge in [-0.1, -0.05) is 0 Å². The predicted octanol–water partition coefficient (Wildman–Crippen LogP) is 26.3. The molecule has 524 valence electrons. The van der Waals surface area contributed by atoms with Crippen molar-refractivity contribution >= 4 is 74.7 Å². The van der Waals surface area contributed by atoms with Crippen LogP contribution in [-0.2, 0) is 23.4 Å². The molecule has 0 amide bonds. The summed E-state index contributed by atoms with van der Waals surface area (Å²) in [6.07, 6.45) is 44.3. The van der Waals surface area contributed by atoms with E-state index in [1.807, 2.05) is 35.3 Å². The first-order valence-corrected chi connectivity index (χ1v) is 44.3. The standard InChI is InChI=1S/3C26H52O2S.Sb/c3*1-22(2)16-10-7-13-19-26(25(27)28,20-14-8-11-17-23(3)4)29-21-15-9-12-18-24(5)6;/h3*22-24H,7-21H2,1-6H3,(H,27,28);/q;;;+3/p-3. The molecule has 0 unspecified atom stereocenters. The molecule has 0 heterocycles. The normalized spacial score (nSPS) is 12.8. The van der Waals surface area contributed by atoms with E-state index < -0.39 is 35.7 Å². The Morgan fingerprint density at radius 2 is 0.386 bits per heavy atom. The van der Waals surface area contributed by atoms with Crippen LogP contribution in [0, 0.1) is 53.3 Å². The van der Waals surface area contributed by atoms with Crippen LogP contribution in [0.2, 0.25) is 0 Å². The zero-order chi connectivity index (χ0) is 66.1. The van der Waals surface area contributed by atoms with Crippen LogP contribution in [0.25, 0.3) is 0 Å². The monoisotopic (exact) mass is 1400 g/mol. The maximum atomic E-state index is 16.1. The van der Waals surface area contributed by atoms with Gasteiger partial charge in [0.25, 0.3) is 0 Å². The zero-order valence-corrected chi connectivity index (χ0v) is 67.1. The van der Waals surface area contributed by atoms with Gasteiger partial charge in [0.05, 0.1) is 0 Å². The molecule has 0 rings (SSSR count). The molecule has 0 bridgehead atoms. The van der Waals surface area contributed by atoms with Crippen LogP contribution in [-0.4, -0.2) is 70.9 Å². The average Bonchev–Trinajstić information content (AvgIpc) is 2.16. The van der Waals surface area contributed by atoms with Gasteiger partial charge in [-0.25, -0.2) is 0 Å². The predicted molar refractivity (Wildman–Crippen MR) is 397 cm³/mol. The third kappa shape index (κ3) is 48.0. The summed E-state index contributed by atoms with van der Waals surface area (Å²) in [6, 6.07) is 0. The molecule has 0 radical (unpaired) electrons. The Morgan fingerprint density at radius 3 is 0.534 bits per heavy atom. The van der Waals surface area contributed by atoms with Crippen molar-refractivity contribution in [2.45, 2.75) is 409 Å². The molecule has 0 aliphatic rings. The second kappa shape index (κ2) is 55.4. The fourth-order valence-electron chi connectivity index (χ4n) is 12.2. The number of rotatable bonds is 63. The molecule has 0 aliphatic heterocycles. The van der Waals surface area contributed by atoms with E-state index in [2.05, 4.69) is 125 Å². The van der Waals surface area contributed by atoms with Crippen molar-refractivity contribution in [3.05, 3.63) is 0 Å². The van der Waals surface area contributed by atoms with Crippen LogP contribution < -0.4 is 0 Å². The molecule has 88 heavy (non-hydrogen) atoms. The molecule has 0 spiro atoms. The third-order valence-corrected chi connectivity index (χ3v) is 25.7. The number of carbonyl (C=O) groups is 3. The van der Waals surface area contributed by atoms with Gasteiger partial charge in [0.15, 0.2) is 0 Å². The Balaban J connectivity index is 8.38. The Bertz CT molecular complexity index is 1390. The van der Waals surface area contributed by atoms with E-state index in [4.69, 9.17) is 9.05 Å². The average molecular weight is 1410 g/mol. The zero-order valence-electron chi connectivity index (χ0n) is 62.1. The first-order chi connectivity index (χ1) is 41.8. The molecular weight excluding hydrogens is 1250 g/mol. The Labute approximate surface area is 572 Å². The molecule has 10 heteroatoms. The van der Waals surface area contributed by atoms with Gasteiger partial charge in [0.1, 0.15) is 0 Å². The SMILES string of the molecule is CC(C)CCCCCSC(CCCCCC(C)C)(CCCCCC(C)C)C(=O)[O][Sb]([O]C(=O)C(CCCCCC(C)C)(CCCCCC(C)C)SCCCCCC(C)C)[O]C(=O)C(CCCCCC(C)C)(CCCCCC(C)C)SCCCCCC(C)C. The number of hydrogen-bond acceptors (Lipinski definition) is 9. The first kappa shape index (κ1) is 88.3. The number of hydrogen-bond donors (Lipinski definition) is 0. The van der Waals surface area contributed by atoms with Gasteiger partial charge in [-0.05, 0) is 0 Å². The van der Waals surface area contributed by atoms with E-state index in [0.29, 0.717) is 53.3 Å². The van der Waals surface area contributed by atoms with E-state index in [-0.39, 0.29) is 17.9 Å². The van der Waals surface area contributed by atoms with Gasteiger partial charge < -0.3 is 0 Å². The molecule has 0 aliphatic carbocycles. The number of unbranched alkanes of at least 4 members (excludes halogenated alkanes) is 18. The minimum absolute atomic E-state index is 0.271. The molecule has 0 atom stereocenters. The molecule has 0 aromatic carbocycles. The van der Waals surface area contributed by atoms with Crippen LogP contribution in [0.3, 0.4) is 0 Å². The maximum absolute atomic E-state index is 16.1. The molecular formula is C78H153O6S3Sb. The summed E-state index contributed by atoms with van der Waals surface area (Å²) in [6.45, 7) is 41.6. The van der Waals surface area contributed by atoms with Crippen LogP contribution in [0.5, 0.6) is 0 Å². The molecule has 6 nitrogen and oxygen atoms in total. The summed E-state index contributed by atoms with van der Waals surface area (Å²) in [5, 5.41) is 0. The quantitative estimate of drug-likeness (QED) is 0.0437. The van der Waals surface area contributed by atoms with Crippen molar-refractivity contribution in [1.29, 1.82) is 0 Å². The number of carbonyl (C=O) groups excluding carboxylic acids is 3. The summed E-state index contributed by atoms with van der Waals surface area (Å²) in [4.78, 5) is 48.4. The van der Waals surface area contributed by atoms with E-state index in [1.54, 1.807) is 0 Å². The van der Waals surface area contributed by atoms with Gasteiger partial charge in [-0.2, -0.15) is 0 Å². The van der Waals surface area contributed by atoms with Gasteiger partial charge in [0.2, 0.25) is 0 Å². The molecule has 0 saturated heterocycles. The summed E-state index contributed by atoms with van der Waals surface area (Å²) in [5.41, 5.74) is 0. The van der Waals surface area contributed by atoms with Crippen molar-refractivity contribution in [1.82, 2.24) is 0 Å². The Hall–Kier alpha value is 0.278. The van der Waals surface area contributed by atoms with Crippen molar-refractivity contribution in [2.75, 3.05) is 17.3 Å². The molecule has 0 fully saturated rings. The van der Waals surface area contributed by atoms with E-state index in [0.717, 1.165) is 210 Å². The molecule has 0 saturated carbocycles. The molecule has 0 aromatic rings. The van der Waals surface area contributed by atoms with Gasteiger partial charge in [0, 0.05) is 0 Å². The van der Waals surface area contributed by atoms with Crippen molar-refractivity contribution in [2.24, 2.45) is 53.3 Å². The fraction of sp³-hybridized carbons (Fsp3) is 0.962. The van der Waals surface area contributed by atoms with Gasteiger partial charge in [-0.3, -0.25) is 0 Å². The summed E-state index contributed by atoms with van der Waals surface area (Å²) in [5.74, 6) is 7.70. The van der Waals surface area contributed by atoms with Crippen LogP contribution in [0.15, 0.2) is 0 Å². The Kier molecular flexibility index (Phi) is 55.6. The van der Waals surface area contributed by atoms with Crippen LogP contribution in [0.4, 0.5) is 0 Å². The number of thioether (sulfide) groups is 3. The van der Waals surface area contributed by atoms with Crippen molar-refractivity contribution in [3.8, 4) is 0 Å². The second-order valence-electron chi connectivity index (χ2n) is 31.6. The first-order valence-electron chi connectivity index (χ1n) is 38.2. The van der Waals surface area contributed by atoms with Gasteiger partial charge in [-0.15, -0.1) is 0 Å². The topological polar surface area (TPSA) is 78.9 Å². The fourth-order valence-corrected chi connectivity index (χ4v) is 20.2. The van der Waals surface area contributed by atoms with Crippen molar-refractivity contribution < 1.29 is 23.4 Å². The van der Waals surface area contributed by atoms with Crippen molar-refractivity contribution in [3.63, 3.8) is 0 Å². The van der Waals surface area contributed by atoms with Crippen LogP contribution >= 0.6 is 35.3 Å². The minimum atomic E-state index is -4.52. The van der Waals surface area contributed by atoms with E-state index in [1.165, 1.54) is 77.0 Å². The second-order valence-corrected chi connectivity index (χ2v) is 38.9. The van der Waals surface area contributed by atoms with Crippen LogP contribution in [0.1, 0.15) is 394 Å². The third-order valence-electron chi connectivity index (χ3n) is 18.2. The molecule has 0 N–H and O–H groups in total. The van der Waals surface area contributed by atoms with Gasteiger partial charge >= 0.3 is 577 Å². The Morgan fingerprint density at radius 1 is 0.239 bits per heavy atom. The summed E-state index contributed by atoms with van der Waals surface area (Å²) in [7, 11) is 0. The summed E-state index contributed by atoms with van der Waals surface area (Å²) < 4.78 is 18.9. The van der Waals surface area contributed by atoms with E-state index >= 15 is 14.4 Å².